The predicted molar refractivity (Wildman–Crippen MR) is 80.6 cm³/mol. The number of phenolic OH excluding ortho intramolecular Hbond substituents is 1. The number of rotatable bonds is 2. The first kappa shape index (κ1) is 12.6. The third kappa shape index (κ3) is 2.02. The maximum atomic E-state index is 9.90. The summed E-state index contributed by atoms with van der Waals surface area (Å²) in [6.07, 6.45) is 1.67. The van der Waals surface area contributed by atoms with Crippen LogP contribution in [-0.4, -0.2) is 10.1 Å². The van der Waals surface area contributed by atoms with E-state index < -0.39 is 0 Å². The van der Waals surface area contributed by atoms with E-state index >= 15 is 0 Å². The minimum Gasteiger partial charge on any atom is -0.506 e. The van der Waals surface area contributed by atoms with Crippen molar-refractivity contribution in [1.82, 2.24) is 4.98 Å². The molecule has 0 spiro atoms. The van der Waals surface area contributed by atoms with Crippen LogP contribution >= 0.6 is 0 Å². The minimum absolute atomic E-state index is 0.182. The van der Waals surface area contributed by atoms with Crippen LogP contribution in [0.15, 0.2) is 54.7 Å². The quantitative estimate of drug-likeness (QED) is 0.746. The first-order chi connectivity index (χ1) is 9.68. The molecule has 0 amide bonds. The summed E-state index contributed by atoms with van der Waals surface area (Å²) in [4.78, 5) is 4.23. The van der Waals surface area contributed by atoms with Crippen molar-refractivity contribution >= 4 is 10.9 Å². The van der Waals surface area contributed by atoms with Gasteiger partial charge < -0.3 is 10.8 Å². The summed E-state index contributed by atoms with van der Waals surface area (Å²) < 4.78 is 0. The molecular weight excluding hydrogens is 248 g/mol. The lowest BCUT2D eigenvalue weighted by atomic mass is 9.93. The number of benzene rings is 2. The van der Waals surface area contributed by atoms with Gasteiger partial charge in [-0.25, -0.2) is 0 Å². The van der Waals surface area contributed by atoms with E-state index in [0.717, 1.165) is 22.1 Å². The van der Waals surface area contributed by atoms with Gasteiger partial charge in [0, 0.05) is 11.6 Å². The highest BCUT2D eigenvalue weighted by Crippen LogP contribution is 2.32. The molecule has 0 aliphatic rings. The standard InChI is InChI=1S/C17H16N2O/c1-11-5-2-3-6-12(11)16(18)13-8-9-15(20)17-14(13)7-4-10-19-17/h2-10,16,20H,18H2,1H3. The molecule has 0 aliphatic heterocycles. The topological polar surface area (TPSA) is 59.1 Å². The molecule has 3 aromatic rings. The Balaban J connectivity index is 2.20. The zero-order chi connectivity index (χ0) is 14.1. The summed E-state index contributed by atoms with van der Waals surface area (Å²) in [5, 5.41) is 10.8. The van der Waals surface area contributed by atoms with Gasteiger partial charge in [-0.3, -0.25) is 4.98 Å². The molecule has 3 nitrogen and oxygen atoms in total. The summed E-state index contributed by atoms with van der Waals surface area (Å²) in [6, 6.07) is 15.2. The van der Waals surface area contributed by atoms with Crippen molar-refractivity contribution in [3.63, 3.8) is 0 Å². The van der Waals surface area contributed by atoms with Crippen molar-refractivity contribution in [2.45, 2.75) is 13.0 Å². The molecule has 0 radical (unpaired) electrons. The minimum atomic E-state index is -0.233. The van der Waals surface area contributed by atoms with Crippen molar-refractivity contribution in [1.29, 1.82) is 0 Å². The van der Waals surface area contributed by atoms with Gasteiger partial charge in [0.2, 0.25) is 0 Å². The van der Waals surface area contributed by atoms with Gasteiger partial charge in [0.15, 0.2) is 0 Å². The van der Waals surface area contributed by atoms with Gasteiger partial charge in [0.05, 0.1) is 6.04 Å². The average Bonchev–Trinajstić information content (AvgIpc) is 2.48. The fraction of sp³-hybridized carbons (Fsp3) is 0.118. The number of fused-ring (bicyclic) bond motifs is 1. The third-order valence-electron chi connectivity index (χ3n) is 3.64. The van der Waals surface area contributed by atoms with Crippen molar-refractivity contribution < 1.29 is 5.11 Å². The van der Waals surface area contributed by atoms with Gasteiger partial charge in [-0.05, 0) is 35.7 Å². The molecule has 1 heterocycles. The summed E-state index contributed by atoms with van der Waals surface area (Å²) in [7, 11) is 0. The molecule has 3 heteroatoms. The van der Waals surface area contributed by atoms with Crippen molar-refractivity contribution in [3.8, 4) is 5.75 Å². The fourth-order valence-corrected chi connectivity index (χ4v) is 2.55. The van der Waals surface area contributed by atoms with Crippen molar-refractivity contribution in [2.75, 3.05) is 0 Å². The number of aryl methyl sites for hydroxylation is 1. The molecule has 20 heavy (non-hydrogen) atoms. The Hall–Kier alpha value is -2.39. The van der Waals surface area contributed by atoms with Gasteiger partial charge in [-0.1, -0.05) is 36.4 Å². The van der Waals surface area contributed by atoms with Crippen LogP contribution in [0.25, 0.3) is 10.9 Å². The molecule has 3 N–H and O–H groups in total. The highest BCUT2D eigenvalue weighted by Gasteiger charge is 2.15. The van der Waals surface area contributed by atoms with Crippen LogP contribution in [0.2, 0.25) is 0 Å². The normalized spacial score (nSPS) is 12.5. The molecule has 3 rings (SSSR count). The number of hydrogen-bond donors (Lipinski definition) is 2. The Kier molecular flexibility index (Phi) is 3.12. The van der Waals surface area contributed by atoms with Gasteiger partial charge >= 0.3 is 0 Å². The third-order valence-corrected chi connectivity index (χ3v) is 3.64. The fourth-order valence-electron chi connectivity index (χ4n) is 2.55. The monoisotopic (exact) mass is 264 g/mol. The Labute approximate surface area is 117 Å². The van der Waals surface area contributed by atoms with E-state index in [1.54, 1.807) is 12.3 Å². The SMILES string of the molecule is Cc1ccccc1C(N)c1ccc(O)c2ncccc12. The molecule has 0 saturated heterocycles. The molecule has 0 saturated carbocycles. The second kappa shape index (κ2) is 4.94. The zero-order valence-corrected chi connectivity index (χ0v) is 11.2. The van der Waals surface area contributed by atoms with Crippen molar-refractivity contribution in [2.24, 2.45) is 5.73 Å². The van der Waals surface area contributed by atoms with E-state index in [0.29, 0.717) is 5.52 Å². The molecule has 0 bridgehead atoms. The van der Waals surface area contributed by atoms with Gasteiger partial charge in [-0.2, -0.15) is 0 Å². The number of nitrogens with two attached hydrogens (primary N) is 1. The number of pyridine rings is 1. The Bertz CT molecular complexity index is 768. The van der Waals surface area contributed by atoms with Crippen LogP contribution in [0.4, 0.5) is 0 Å². The van der Waals surface area contributed by atoms with Crippen LogP contribution in [0, 0.1) is 6.92 Å². The summed E-state index contributed by atoms with van der Waals surface area (Å²) in [5.41, 5.74) is 10.2. The van der Waals surface area contributed by atoms with Gasteiger partial charge in [0.25, 0.3) is 0 Å². The number of nitrogens with zero attached hydrogens (tertiary/aromatic N) is 1. The smallest absolute Gasteiger partial charge is 0.141 e. The maximum absolute atomic E-state index is 9.90. The lowest BCUT2D eigenvalue weighted by Crippen LogP contribution is -2.13. The molecule has 0 fully saturated rings. The number of aromatic nitrogens is 1. The zero-order valence-electron chi connectivity index (χ0n) is 11.2. The van der Waals surface area contributed by atoms with E-state index in [1.165, 1.54) is 0 Å². The Morgan fingerprint density at radius 3 is 2.60 bits per heavy atom. The first-order valence-corrected chi connectivity index (χ1v) is 6.56. The molecule has 100 valence electrons. The largest absolute Gasteiger partial charge is 0.506 e. The van der Waals surface area contributed by atoms with Gasteiger partial charge in [-0.15, -0.1) is 0 Å². The average molecular weight is 264 g/mol. The van der Waals surface area contributed by atoms with Crippen LogP contribution in [-0.2, 0) is 0 Å². The van der Waals surface area contributed by atoms with E-state index in [4.69, 9.17) is 5.73 Å². The number of aromatic hydroxyl groups is 1. The predicted octanol–water partition coefficient (Wildman–Crippen LogP) is 3.30. The molecule has 0 aliphatic carbocycles. The molecule has 2 aromatic carbocycles. The van der Waals surface area contributed by atoms with E-state index in [9.17, 15) is 5.11 Å². The lowest BCUT2D eigenvalue weighted by molar-refractivity contribution is 0.480. The maximum Gasteiger partial charge on any atom is 0.141 e. The number of phenols is 1. The van der Waals surface area contributed by atoms with Crippen LogP contribution < -0.4 is 5.73 Å². The first-order valence-electron chi connectivity index (χ1n) is 6.56. The van der Waals surface area contributed by atoms with E-state index in [1.807, 2.05) is 36.4 Å². The molecule has 1 atom stereocenters. The summed E-state index contributed by atoms with van der Waals surface area (Å²) >= 11 is 0. The summed E-state index contributed by atoms with van der Waals surface area (Å²) in [6.45, 7) is 2.05. The van der Waals surface area contributed by atoms with Crippen LogP contribution in [0.3, 0.4) is 0 Å². The highest BCUT2D eigenvalue weighted by molar-refractivity contribution is 5.87. The Morgan fingerprint density at radius 1 is 1.00 bits per heavy atom. The Morgan fingerprint density at radius 2 is 1.80 bits per heavy atom. The van der Waals surface area contributed by atoms with E-state index in [-0.39, 0.29) is 11.8 Å². The second-order valence-corrected chi connectivity index (χ2v) is 4.91. The molecular formula is C17H16N2O. The second-order valence-electron chi connectivity index (χ2n) is 4.91. The number of hydrogen-bond acceptors (Lipinski definition) is 3. The lowest BCUT2D eigenvalue weighted by Gasteiger charge is -2.17. The summed E-state index contributed by atoms with van der Waals surface area (Å²) in [5.74, 6) is 0.182. The van der Waals surface area contributed by atoms with E-state index in [2.05, 4.69) is 18.0 Å². The van der Waals surface area contributed by atoms with Crippen LogP contribution in [0.5, 0.6) is 5.75 Å². The van der Waals surface area contributed by atoms with Crippen molar-refractivity contribution in [3.05, 3.63) is 71.4 Å². The van der Waals surface area contributed by atoms with Crippen LogP contribution in [0.1, 0.15) is 22.7 Å². The molecule has 1 aromatic heterocycles. The molecule has 1 unspecified atom stereocenters. The van der Waals surface area contributed by atoms with Gasteiger partial charge in [0.1, 0.15) is 11.3 Å². The highest BCUT2D eigenvalue weighted by atomic mass is 16.3.